The van der Waals surface area contributed by atoms with Gasteiger partial charge in [-0.2, -0.15) is 4.73 Å². The zero-order chi connectivity index (χ0) is 24.7. The van der Waals surface area contributed by atoms with Crippen molar-refractivity contribution < 1.29 is 18.3 Å². The van der Waals surface area contributed by atoms with Gasteiger partial charge in [-0.15, -0.1) is 0 Å². The Labute approximate surface area is 206 Å². The van der Waals surface area contributed by atoms with Crippen LogP contribution in [0, 0.1) is 16.8 Å². The van der Waals surface area contributed by atoms with Gasteiger partial charge >= 0.3 is 0 Å². The number of hydrogen-bond donors (Lipinski definition) is 0. The molecule has 5 rings (SSSR count). The zero-order valence-electron chi connectivity index (χ0n) is 19.0. The molecule has 35 heavy (non-hydrogen) atoms. The van der Waals surface area contributed by atoms with Crippen LogP contribution in [0.25, 0.3) is 33.3 Å². The van der Waals surface area contributed by atoms with Gasteiger partial charge in [0.1, 0.15) is 22.7 Å². The summed E-state index contributed by atoms with van der Waals surface area (Å²) in [5, 5.41) is 14.0. The van der Waals surface area contributed by atoms with Gasteiger partial charge in [0.25, 0.3) is 5.69 Å². The molecule has 0 unspecified atom stereocenters. The van der Waals surface area contributed by atoms with Gasteiger partial charge < -0.3 is 10.1 Å². The van der Waals surface area contributed by atoms with Gasteiger partial charge in [0.05, 0.1) is 0 Å². The third kappa shape index (κ3) is 4.21. The predicted octanol–water partition coefficient (Wildman–Crippen LogP) is 5.86. The maximum absolute atomic E-state index is 14.8. The maximum atomic E-state index is 14.8. The molecule has 0 N–H and O–H groups in total. The van der Waals surface area contributed by atoms with Crippen molar-refractivity contribution in [2.75, 3.05) is 13.1 Å². The Kier molecular flexibility index (Phi) is 6.11. The smallest absolute Gasteiger partial charge is 0.256 e. The number of fused-ring (bicyclic) bond motifs is 1. The van der Waals surface area contributed by atoms with Crippen molar-refractivity contribution in [2.45, 2.75) is 25.7 Å². The van der Waals surface area contributed by atoms with E-state index < -0.39 is 17.2 Å². The molecule has 0 radical (unpaired) electrons. The van der Waals surface area contributed by atoms with Crippen LogP contribution >= 0.6 is 11.6 Å². The first-order valence-corrected chi connectivity index (χ1v) is 11.7. The number of pyridine rings is 2. The van der Waals surface area contributed by atoms with Crippen molar-refractivity contribution in [1.29, 1.82) is 0 Å². The molecule has 1 aliphatic rings. The molecule has 8 heteroatoms. The van der Waals surface area contributed by atoms with Gasteiger partial charge in [0.15, 0.2) is 6.20 Å². The molecule has 178 valence electrons. The van der Waals surface area contributed by atoms with Gasteiger partial charge in [-0.3, -0.25) is 4.79 Å². The van der Waals surface area contributed by atoms with E-state index in [4.69, 9.17) is 16.6 Å². The lowest BCUT2D eigenvalue weighted by atomic mass is 9.89. The number of benzene rings is 2. The molecule has 1 aliphatic heterocycles. The molecule has 2 aromatic carbocycles. The summed E-state index contributed by atoms with van der Waals surface area (Å²) in [5.74, 6) is -1.65. The van der Waals surface area contributed by atoms with Crippen LogP contribution in [0.5, 0.6) is 0 Å². The Morgan fingerprint density at radius 3 is 2.40 bits per heavy atom. The van der Waals surface area contributed by atoms with E-state index in [1.807, 2.05) is 24.3 Å². The van der Waals surface area contributed by atoms with Crippen molar-refractivity contribution in [3.8, 4) is 22.4 Å². The van der Waals surface area contributed by atoms with E-state index in [1.54, 1.807) is 24.0 Å². The number of aromatic nitrogens is 2. The van der Waals surface area contributed by atoms with E-state index in [-0.39, 0.29) is 23.0 Å². The van der Waals surface area contributed by atoms with Gasteiger partial charge in [0.2, 0.25) is 5.91 Å². The van der Waals surface area contributed by atoms with Crippen molar-refractivity contribution >= 4 is 28.4 Å². The van der Waals surface area contributed by atoms with Crippen molar-refractivity contribution in [2.24, 2.45) is 0 Å². The summed E-state index contributed by atoms with van der Waals surface area (Å²) in [4.78, 5) is 18.4. The Morgan fingerprint density at radius 1 is 1.06 bits per heavy atom. The summed E-state index contributed by atoms with van der Waals surface area (Å²) >= 11 is 6.54. The lowest BCUT2D eigenvalue weighted by Gasteiger charge is -2.31. The summed E-state index contributed by atoms with van der Waals surface area (Å²) in [6, 6.07) is 14.3. The maximum Gasteiger partial charge on any atom is 0.256 e. The fourth-order valence-corrected chi connectivity index (χ4v) is 5.04. The van der Waals surface area contributed by atoms with E-state index in [0.717, 1.165) is 23.3 Å². The molecule has 1 fully saturated rings. The molecule has 0 saturated carbocycles. The standard InChI is InChI=1S/C27H22ClF2N3O2/c1-16(34)32-12-9-17(10-13-32)24-15-20(18-5-2-3-6-21(18)28)19-11-14-33(35)27(26(19)31-24)25-22(29)7-4-8-23(25)30/h2-8,11,14-15,17H,9-10,12-13H2,1H3. The zero-order valence-corrected chi connectivity index (χ0v) is 19.7. The third-order valence-corrected chi connectivity index (χ3v) is 6.95. The van der Waals surface area contributed by atoms with E-state index >= 15 is 0 Å². The summed E-state index contributed by atoms with van der Waals surface area (Å²) in [5.41, 5.74) is 1.74. The number of halogens is 3. The average molecular weight is 494 g/mol. The molecule has 3 heterocycles. The number of likely N-dealkylation sites (tertiary alicyclic amines) is 1. The highest BCUT2D eigenvalue weighted by molar-refractivity contribution is 6.33. The van der Waals surface area contributed by atoms with Crippen LogP contribution in [0.3, 0.4) is 0 Å². The molecule has 0 atom stereocenters. The Balaban J connectivity index is 1.78. The second kappa shape index (κ2) is 9.23. The molecular formula is C27H22ClF2N3O2. The van der Waals surface area contributed by atoms with Gasteiger partial charge in [-0.25, -0.2) is 13.8 Å². The van der Waals surface area contributed by atoms with Crippen LogP contribution in [0.2, 0.25) is 5.02 Å². The summed E-state index contributed by atoms with van der Waals surface area (Å²) in [6.07, 6.45) is 2.61. The minimum atomic E-state index is -0.844. The summed E-state index contributed by atoms with van der Waals surface area (Å²) in [6.45, 7) is 2.73. The van der Waals surface area contributed by atoms with Gasteiger partial charge in [0, 0.05) is 53.7 Å². The third-order valence-electron chi connectivity index (χ3n) is 6.62. The fraction of sp³-hybridized carbons (Fsp3) is 0.222. The van der Waals surface area contributed by atoms with Gasteiger partial charge in [-0.05, 0) is 42.7 Å². The van der Waals surface area contributed by atoms with E-state index in [9.17, 15) is 18.8 Å². The van der Waals surface area contributed by atoms with Crippen molar-refractivity contribution in [3.63, 3.8) is 0 Å². The van der Waals surface area contributed by atoms with Crippen molar-refractivity contribution in [1.82, 2.24) is 9.88 Å². The normalized spacial score (nSPS) is 14.5. The summed E-state index contributed by atoms with van der Waals surface area (Å²) < 4.78 is 30.1. The second-order valence-electron chi connectivity index (χ2n) is 8.70. The largest absolute Gasteiger partial charge is 0.618 e. The Bertz CT molecular complexity index is 1430. The summed E-state index contributed by atoms with van der Waals surface area (Å²) in [7, 11) is 0. The molecule has 4 aromatic rings. The topological polar surface area (TPSA) is 60.1 Å². The van der Waals surface area contributed by atoms with E-state index in [1.165, 1.54) is 12.3 Å². The first-order valence-electron chi connectivity index (χ1n) is 11.4. The SMILES string of the molecule is CC(=O)N1CCC(c2cc(-c3ccccc3Cl)c3cc[n+]([O-])c(-c4c(F)cccc4F)c3n2)CC1. The van der Waals surface area contributed by atoms with Crippen LogP contribution in [0.15, 0.2) is 60.8 Å². The van der Waals surface area contributed by atoms with Crippen LogP contribution in [-0.4, -0.2) is 28.9 Å². The van der Waals surface area contributed by atoms with Crippen LogP contribution in [0.1, 0.15) is 31.4 Å². The first-order chi connectivity index (χ1) is 16.8. The molecule has 0 bridgehead atoms. The van der Waals surface area contributed by atoms with Crippen LogP contribution < -0.4 is 4.73 Å². The molecule has 1 amide bonds. The number of hydrogen-bond acceptors (Lipinski definition) is 3. The molecule has 5 nitrogen and oxygen atoms in total. The minimum absolute atomic E-state index is 0.00913. The first kappa shape index (κ1) is 23.2. The number of amides is 1. The highest BCUT2D eigenvalue weighted by Gasteiger charge is 2.28. The Hall–Kier alpha value is -3.58. The highest BCUT2D eigenvalue weighted by Crippen LogP contribution is 2.39. The average Bonchev–Trinajstić information content (AvgIpc) is 2.85. The molecule has 0 spiro atoms. The van der Waals surface area contributed by atoms with Crippen LogP contribution in [-0.2, 0) is 4.79 Å². The second-order valence-corrected chi connectivity index (χ2v) is 9.11. The molecule has 2 aromatic heterocycles. The number of nitrogens with zero attached hydrogens (tertiary/aromatic N) is 3. The quantitative estimate of drug-likeness (QED) is 0.265. The van der Waals surface area contributed by atoms with E-state index in [0.29, 0.717) is 46.8 Å². The van der Waals surface area contributed by atoms with Crippen LogP contribution in [0.4, 0.5) is 8.78 Å². The number of carbonyl (C=O) groups is 1. The fourth-order valence-electron chi connectivity index (χ4n) is 4.80. The lowest BCUT2D eigenvalue weighted by Crippen LogP contribution is -2.36. The minimum Gasteiger partial charge on any atom is -0.618 e. The monoisotopic (exact) mass is 493 g/mol. The molecular weight excluding hydrogens is 472 g/mol. The number of rotatable bonds is 3. The highest BCUT2D eigenvalue weighted by atomic mass is 35.5. The Morgan fingerprint density at radius 2 is 1.74 bits per heavy atom. The number of carbonyl (C=O) groups excluding carboxylic acids is 1. The van der Waals surface area contributed by atoms with Crippen molar-refractivity contribution in [3.05, 3.63) is 88.4 Å². The molecule has 0 aliphatic carbocycles. The number of piperidine rings is 1. The van der Waals surface area contributed by atoms with E-state index in [2.05, 4.69) is 0 Å². The lowest BCUT2D eigenvalue weighted by molar-refractivity contribution is -0.592. The predicted molar refractivity (Wildman–Crippen MR) is 131 cm³/mol. The molecule has 1 saturated heterocycles. The van der Waals surface area contributed by atoms with Gasteiger partial charge in [-0.1, -0.05) is 35.9 Å².